The lowest BCUT2D eigenvalue weighted by Crippen LogP contribution is -2.26. The van der Waals surface area contributed by atoms with Crippen LogP contribution in [0.15, 0.2) is 52.2 Å². The zero-order valence-corrected chi connectivity index (χ0v) is 20.2. The van der Waals surface area contributed by atoms with E-state index in [2.05, 4.69) is 20.3 Å². The number of halogens is 1. The number of hydrogen-bond acceptors (Lipinski definition) is 9. The maximum atomic E-state index is 14.7. The molecule has 2 heterocycles. The van der Waals surface area contributed by atoms with Crippen LogP contribution in [0.2, 0.25) is 0 Å². The van der Waals surface area contributed by atoms with Crippen molar-refractivity contribution in [3.63, 3.8) is 0 Å². The lowest BCUT2D eigenvalue weighted by Gasteiger charge is -2.15. The van der Waals surface area contributed by atoms with E-state index >= 15 is 0 Å². The molecule has 36 heavy (non-hydrogen) atoms. The molecule has 0 radical (unpaired) electrons. The Morgan fingerprint density at radius 2 is 1.89 bits per heavy atom. The molecule has 0 aliphatic heterocycles. The smallest absolute Gasteiger partial charge is 0.267 e. The molecule has 0 fully saturated rings. The van der Waals surface area contributed by atoms with Gasteiger partial charge in [-0.2, -0.15) is 15.2 Å². The Morgan fingerprint density at radius 3 is 2.61 bits per heavy atom. The summed E-state index contributed by atoms with van der Waals surface area (Å²) in [6, 6.07) is 12.9. The van der Waals surface area contributed by atoms with Crippen LogP contribution in [-0.2, 0) is 17.2 Å². The Labute approximate surface area is 208 Å². The first-order chi connectivity index (χ1) is 17.3. The van der Waals surface area contributed by atoms with E-state index in [1.807, 2.05) is 6.07 Å². The molecule has 4 aromatic rings. The van der Waals surface area contributed by atoms with Crippen molar-refractivity contribution in [1.29, 1.82) is 5.26 Å². The number of benzene rings is 2. The molecule has 0 aliphatic carbocycles. The molecule has 0 aliphatic rings. The van der Waals surface area contributed by atoms with Gasteiger partial charge in [0.1, 0.15) is 29.1 Å². The molecule has 0 spiro atoms. The molecule has 4 rings (SSSR count). The molecule has 0 saturated carbocycles. The molecule has 0 bridgehead atoms. The Hall–Kier alpha value is -4.37. The first kappa shape index (κ1) is 24.7. The van der Waals surface area contributed by atoms with Crippen LogP contribution in [0.4, 0.5) is 22.0 Å². The fraction of sp³-hybridized carbons (Fsp3) is 0.208. The van der Waals surface area contributed by atoms with E-state index in [-0.39, 0.29) is 34.2 Å². The lowest BCUT2D eigenvalue weighted by molar-refractivity contribution is 0.607. The molecule has 2 aromatic heterocycles. The summed E-state index contributed by atoms with van der Waals surface area (Å²) in [7, 11) is -1.43. The van der Waals surface area contributed by atoms with Crippen LogP contribution in [-0.4, -0.2) is 36.5 Å². The highest BCUT2D eigenvalue weighted by atomic mass is 32.2. The lowest BCUT2D eigenvalue weighted by atomic mass is 10.1. The molecule has 0 saturated heterocycles. The quantitative estimate of drug-likeness (QED) is 0.304. The summed E-state index contributed by atoms with van der Waals surface area (Å²) in [5.74, 6) is 0.00565. The van der Waals surface area contributed by atoms with Crippen molar-refractivity contribution in [2.24, 2.45) is 0 Å². The van der Waals surface area contributed by atoms with Gasteiger partial charge in [-0.15, -0.1) is 0 Å². The van der Waals surface area contributed by atoms with Crippen LogP contribution >= 0.6 is 0 Å². The van der Waals surface area contributed by atoms with E-state index in [0.717, 1.165) is 0 Å². The van der Waals surface area contributed by atoms with Gasteiger partial charge >= 0.3 is 0 Å². The van der Waals surface area contributed by atoms with Crippen LogP contribution in [0.3, 0.4) is 0 Å². The second-order valence-corrected chi connectivity index (χ2v) is 9.26. The highest BCUT2D eigenvalue weighted by molar-refractivity contribution is 7.84. The van der Waals surface area contributed by atoms with Crippen LogP contribution in [0.25, 0.3) is 16.6 Å². The zero-order chi connectivity index (χ0) is 25.8. The van der Waals surface area contributed by atoms with Crippen LogP contribution in [0, 0.1) is 17.1 Å². The van der Waals surface area contributed by atoms with Crippen LogP contribution in [0.1, 0.15) is 24.2 Å². The summed E-state index contributed by atoms with van der Waals surface area (Å²) in [6.45, 7) is 0.432. The number of nitriles is 1. The monoisotopic (exact) mass is 506 g/mol. The van der Waals surface area contributed by atoms with Gasteiger partial charge in [0.25, 0.3) is 5.56 Å². The summed E-state index contributed by atoms with van der Waals surface area (Å²) < 4.78 is 28.3. The van der Waals surface area contributed by atoms with Crippen molar-refractivity contribution in [3.05, 3.63) is 70.0 Å². The molecule has 184 valence electrons. The topological polar surface area (TPSA) is 166 Å². The Morgan fingerprint density at radius 1 is 1.11 bits per heavy atom. The second-order valence-electron chi connectivity index (χ2n) is 7.91. The van der Waals surface area contributed by atoms with Gasteiger partial charge in [0, 0.05) is 19.2 Å². The number of fused-ring (bicyclic) bond motifs is 1. The van der Waals surface area contributed by atoms with E-state index in [4.69, 9.17) is 11.5 Å². The van der Waals surface area contributed by atoms with Crippen LogP contribution in [0.5, 0.6) is 0 Å². The summed E-state index contributed by atoms with van der Waals surface area (Å²) in [4.78, 5) is 26.4. The van der Waals surface area contributed by atoms with E-state index in [9.17, 15) is 18.7 Å². The number of hydrogen-bond donors (Lipinski definition) is 3. The number of nitrogens with two attached hydrogens (primary N) is 2. The number of aryl methyl sites for hydroxylation is 1. The van der Waals surface area contributed by atoms with Crippen molar-refractivity contribution < 1.29 is 8.60 Å². The number of nitrogen functional groups attached to an aromatic ring is 2. The summed E-state index contributed by atoms with van der Waals surface area (Å²) in [6.07, 6.45) is 3.04. The molecule has 5 N–H and O–H groups in total. The zero-order valence-electron chi connectivity index (χ0n) is 19.4. The SMILES string of the molecule is CS(=O)c1cccc2nc(CCCCNc3nc(N)nc(N)c3C#N)n(-c3ccccc3F)c(=O)c12. The molecule has 10 nitrogen and oxygen atoms in total. The maximum absolute atomic E-state index is 14.7. The minimum atomic E-state index is -1.43. The number of para-hydroxylation sites is 1. The minimum Gasteiger partial charge on any atom is -0.382 e. The Balaban J connectivity index is 1.63. The normalized spacial score (nSPS) is 11.8. The number of nitrogens with zero attached hydrogens (tertiary/aromatic N) is 5. The number of rotatable bonds is 8. The molecule has 0 amide bonds. The van der Waals surface area contributed by atoms with Gasteiger partial charge in [-0.25, -0.2) is 9.37 Å². The van der Waals surface area contributed by atoms with Gasteiger partial charge in [-0.05, 0) is 37.1 Å². The van der Waals surface area contributed by atoms with Crippen molar-refractivity contribution >= 4 is 39.3 Å². The molecular weight excluding hydrogens is 483 g/mol. The Bertz CT molecular complexity index is 1580. The molecule has 1 atom stereocenters. The highest BCUT2D eigenvalue weighted by Gasteiger charge is 2.18. The second kappa shape index (κ2) is 10.5. The average molecular weight is 507 g/mol. The van der Waals surface area contributed by atoms with Gasteiger partial charge in [0.15, 0.2) is 5.82 Å². The number of anilines is 3. The summed E-state index contributed by atoms with van der Waals surface area (Å²) in [5.41, 5.74) is 11.5. The predicted molar refractivity (Wildman–Crippen MR) is 137 cm³/mol. The molecule has 12 heteroatoms. The van der Waals surface area contributed by atoms with Gasteiger partial charge in [-0.3, -0.25) is 13.6 Å². The summed E-state index contributed by atoms with van der Waals surface area (Å²) in [5, 5.41) is 12.5. The van der Waals surface area contributed by atoms with Crippen molar-refractivity contribution in [2.75, 3.05) is 29.6 Å². The first-order valence-corrected chi connectivity index (χ1v) is 12.6. The van der Waals surface area contributed by atoms with Gasteiger partial charge < -0.3 is 16.8 Å². The third kappa shape index (κ3) is 4.87. The molecule has 1 unspecified atom stereocenters. The fourth-order valence-electron chi connectivity index (χ4n) is 3.88. The van der Waals surface area contributed by atoms with Crippen LogP contribution < -0.4 is 22.3 Å². The largest absolute Gasteiger partial charge is 0.382 e. The van der Waals surface area contributed by atoms with E-state index in [1.54, 1.807) is 30.3 Å². The van der Waals surface area contributed by atoms with Gasteiger partial charge in [0.2, 0.25) is 5.95 Å². The average Bonchev–Trinajstić information content (AvgIpc) is 2.84. The van der Waals surface area contributed by atoms with Crippen molar-refractivity contribution in [1.82, 2.24) is 19.5 Å². The fourth-order valence-corrected chi connectivity index (χ4v) is 4.63. The standard InChI is InChI=1S/C24H23FN8O2S/c1-36(35)18-10-6-8-16-20(18)23(34)33(17-9-3-2-7-15(17)25)19(30-16)11-4-5-12-29-22-14(13-26)21(27)31-24(28)32-22/h2-3,6-10H,4-5,11-12H2,1H3,(H5,27,28,29,31,32). The van der Waals surface area contributed by atoms with E-state index < -0.39 is 22.2 Å². The van der Waals surface area contributed by atoms with Gasteiger partial charge in [0.05, 0.1) is 32.3 Å². The van der Waals surface area contributed by atoms with E-state index in [1.165, 1.54) is 23.0 Å². The van der Waals surface area contributed by atoms with Crippen molar-refractivity contribution in [2.45, 2.75) is 24.2 Å². The maximum Gasteiger partial charge on any atom is 0.267 e. The minimum absolute atomic E-state index is 0.00542. The molecular formula is C24H23FN8O2S. The van der Waals surface area contributed by atoms with Gasteiger partial charge in [-0.1, -0.05) is 18.2 Å². The number of nitrogens with one attached hydrogen (secondary N) is 1. The molecule has 2 aromatic carbocycles. The first-order valence-electron chi connectivity index (χ1n) is 11.0. The Kier molecular flexibility index (Phi) is 7.21. The third-order valence-corrected chi connectivity index (χ3v) is 6.48. The van der Waals surface area contributed by atoms with E-state index in [0.29, 0.717) is 42.0 Å². The number of aromatic nitrogens is 4. The van der Waals surface area contributed by atoms with Crippen molar-refractivity contribution in [3.8, 4) is 11.8 Å². The predicted octanol–water partition coefficient (Wildman–Crippen LogP) is 2.52. The summed E-state index contributed by atoms with van der Waals surface area (Å²) >= 11 is 0. The highest BCUT2D eigenvalue weighted by Crippen LogP contribution is 2.22. The third-order valence-electron chi connectivity index (χ3n) is 5.52. The number of unbranched alkanes of at least 4 members (excludes halogenated alkanes) is 1.